The van der Waals surface area contributed by atoms with E-state index in [4.69, 9.17) is 47.4 Å². The van der Waals surface area contributed by atoms with Crippen molar-refractivity contribution in [2.45, 2.75) is 37.9 Å². The normalized spacial score (nSPS) is 17.1. The van der Waals surface area contributed by atoms with Crippen LogP contribution in [0.25, 0.3) is 0 Å². The summed E-state index contributed by atoms with van der Waals surface area (Å²) in [7, 11) is 0. The van der Waals surface area contributed by atoms with Gasteiger partial charge in [0.2, 0.25) is 0 Å². The van der Waals surface area contributed by atoms with Crippen molar-refractivity contribution in [2.75, 3.05) is 145 Å². The van der Waals surface area contributed by atoms with Gasteiger partial charge < -0.3 is 58.0 Å². The predicted molar refractivity (Wildman–Crippen MR) is 150 cm³/mol. The molecule has 2 saturated heterocycles. The Morgan fingerprint density at radius 1 is 0.300 bits per heavy atom. The van der Waals surface area contributed by atoms with Gasteiger partial charge in [-0.05, 0) is 51.9 Å². The highest BCUT2D eigenvalue weighted by Crippen LogP contribution is 2.07. The molecule has 2 rings (SSSR count). The maximum Gasteiger partial charge on any atom is 0.0704 e. The minimum Gasteiger partial charge on any atom is -0.377 e. The Labute approximate surface area is 241 Å². The van der Waals surface area contributed by atoms with Gasteiger partial charge in [-0.15, -0.1) is 0 Å². The van der Waals surface area contributed by atoms with Crippen LogP contribution < -0.4 is 10.6 Å². The lowest BCUT2D eigenvalue weighted by molar-refractivity contribution is -0.0341. The molecule has 2 aliphatic rings. The van der Waals surface area contributed by atoms with Crippen LogP contribution in [0, 0.1) is 0 Å². The lowest BCUT2D eigenvalue weighted by atomic mass is 10.1. The summed E-state index contributed by atoms with van der Waals surface area (Å²) >= 11 is 0. The molecule has 238 valence electrons. The van der Waals surface area contributed by atoms with Gasteiger partial charge in [-0.25, -0.2) is 0 Å². The molecule has 0 aromatic heterocycles. The molecular formula is C28H56N2O10. The highest BCUT2D eigenvalue weighted by Gasteiger charge is 2.13. The number of hydrogen-bond acceptors (Lipinski definition) is 12. The van der Waals surface area contributed by atoms with Crippen molar-refractivity contribution in [2.24, 2.45) is 0 Å². The van der Waals surface area contributed by atoms with Crippen molar-refractivity contribution in [1.29, 1.82) is 0 Å². The van der Waals surface area contributed by atoms with Gasteiger partial charge in [-0.1, -0.05) is 0 Å². The quantitative estimate of drug-likeness (QED) is 0.121. The minimum absolute atomic E-state index is 0.377. The van der Waals surface area contributed by atoms with Crippen molar-refractivity contribution in [3.05, 3.63) is 0 Å². The lowest BCUT2D eigenvalue weighted by Gasteiger charge is -2.22. The monoisotopic (exact) mass is 580 g/mol. The Morgan fingerprint density at radius 2 is 0.500 bits per heavy atom. The first kappa shape index (κ1) is 35.7. The fourth-order valence-electron chi connectivity index (χ4n) is 4.11. The zero-order chi connectivity index (χ0) is 28.0. The fraction of sp³-hybridized carbons (Fsp3) is 1.00. The number of rotatable bonds is 29. The summed E-state index contributed by atoms with van der Waals surface area (Å²) < 4.78 is 55.6. The molecular weight excluding hydrogens is 524 g/mol. The molecule has 0 spiro atoms. The van der Waals surface area contributed by atoms with E-state index >= 15 is 0 Å². The van der Waals surface area contributed by atoms with E-state index in [1.165, 1.54) is 0 Å². The van der Waals surface area contributed by atoms with Crippen molar-refractivity contribution < 1.29 is 47.4 Å². The highest BCUT2D eigenvalue weighted by atomic mass is 16.6. The van der Waals surface area contributed by atoms with Crippen LogP contribution in [0.2, 0.25) is 0 Å². The second kappa shape index (κ2) is 28.6. The van der Waals surface area contributed by atoms with Crippen molar-refractivity contribution in [1.82, 2.24) is 10.6 Å². The van der Waals surface area contributed by atoms with Gasteiger partial charge in [-0.2, -0.15) is 0 Å². The minimum atomic E-state index is 0.377. The van der Waals surface area contributed by atoms with Crippen molar-refractivity contribution in [3.8, 4) is 0 Å². The van der Waals surface area contributed by atoms with Crippen LogP contribution in [-0.2, 0) is 47.4 Å². The first-order valence-corrected chi connectivity index (χ1v) is 15.2. The largest absolute Gasteiger partial charge is 0.377 e. The summed E-state index contributed by atoms with van der Waals surface area (Å²) in [5.74, 6) is 0. The molecule has 0 atom stereocenters. The Bertz CT molecular complexity index is 467. The van der Waals surface area contributed by atoms with Crippen LogP contribution in [0.1, 0.15) is 25.7 Å². The molecule has 0 unspecified atom stereocenters. The van der Waals surface area contributed by atoms with Crippen LogP contribution >= 0.6 is 0 Å². The molecule has 0 saturated carbocycles. The third kappa shape index (κ3) is 23.1. The Morgan fingerprint density at radius 3 is 0.725 bits per heavy atom. The molecule has 0 radical (unpaired) electrons. The summed E-state index contributed by atoms with van der Waals surface area (Å²) in [6.45, 7) is 14.3. The lowest BCUT2D eigenvalue weighted by Crippen LogP contribution is -2.33. The average Bonchev–Trinajstić information content (AvgIpc) is 2.99. The molecule has 2 N–H and O–H groups in total. The summed E-state index contributed by atoms with van der Waals surface area (Å²) in [6.07, 6.45) is 5.10. The molecule has 0 aromatic carbocycles. The zero-order valence-corrected chi connectivity index (χ0v) is 24.6. The predicted octanol–water partition coefficient (Wildman–Crippen LogP) is 0.656. The molecule has 0 aromatic rings. The van der Waals surface area contributed by atoms with Crippen molar-refractivity contribution >= 4 is 0 Å². The topological polar surface area (TPSA) is 116 Å². The van der Waals surface area contributed by atoms with Gasteiger partial charge in [0.1, 0.15) is 0 Å². The van der Waals surface area contributed by atoms with Crippen LogP contribution in [0.4, 0.5) is 0 Å². The van der Waals surface area contributed by atoms with Gasteiger partial charge in [0, 0.05) is 0 Å². The second-order valence-electron chi connectivity index (χ2n) is 9.54. The Kier molecular flexibility index (Phi) is 25.6. The fourth-order valence-corrected chi connectivity index (χ4v) is 4.11. The SMILES string of the molecule is C1CC(OCCOCCOCCOCCOCCOCCOCCOCCOCCOC2CCNCC2)CCN1. The third-order valence-corrected chi connectivity index (χ3v) is 6.34. The maximum absolute atomic E-state index is 5.79. The maximum atomic E-state index is 5.79. The van der Waals surface area contributed by atoms with Gasteiger partial charge in [0.15, 0.2) is 0 Å². The molecule has 0 aliphatic carbocycles. The van der Waals surface area contributed by atoms with Crippen molar-refractivity contribution in [3.63, 3.8) is 0 Å². The Balaban J connectivity index is 1.13. The van der Waals surface area contributed by atoms with Crippen LogP contribution in [0.3, 0.4) is 0 Å². The van der Waals surface area contributed by atoms with E-state index in [2.05, 4.69) is 10.6 Å². The van der Waals surface area contributed by atoms with E-state index in [-0.39, 0.29) is 0 Å². The van der Waals surface area contributed by atoms with Gasteiger partial charge in [-0.3, -0.25) is 0 Å². The molecule has 12 nitrogen and oxygen atoms in total. The molecule has 2 fully saturated rings. The number of ether oxygens (including phenoxy) is 10. The van der Waals surface area contributed by atoms with E-state index in [1.807, 2.05) is 0 Å². The van der Waals surface area contributed by atoms with E-state index in [1.54, 1.807) is 0 Å². The van der Waals surface area contributed by atoms with E-state index < -0.39 is 0 Å². The smallest absolute Gasteiger partial charge is 0.0704 e. The molecule has 40 heavy (non-hydrogen) atoms. The first-order chi connectivity index (χ1) is 19.9. The number of piperidine rings is 2. The number of nitrogens with one attached hydrogen (secondary N) is 2. The third-order valence-electron chi connectivity index (χ3n) is 6.34. The van der Waals surface area contributed by atoms with Crippen LogP contribution in [-0.4, -0.2) is 157 Å². The highest BCUT2D eigenvalue weighted by molar-refractivity contribution is 4.68. The summed E-state index contributed by atoms with van der Waals surface area (Å²) in [6, 6.07) is 0. The van der Waals surface area contributed by atoms with E-state index in [0.29, 0.717) is 131 Å². The van der Waals surface area contributed by atoms with Crippen LogP contribution in [0.15, 0.2) is 0 Å². The molecule has 0 amide bonds. The summed E-state index contributed by atoms with van der Waals surface area (Å²) in [5, 5.41) is 6.66. The standard InChI is InChI=1S/C28H56N2O10/c1-5-29-6-2-27(1)39-25-23-37-21-19-35-17-15-33-13-11-31-9-10-32-12-14-34-16-18-36-20-22-38-24-26-40-28-3-7-30-8-4-28/h27-30H,1-26H2. The molecule has 2 heterocycles. The van der Waals surface area contributed by atoms with Gasteiger partial charge in [0.05, 0.1) is 131 Å². The first-order valence-electron chi connectivity index (χ1n) is 15.2. The van der Waals surface area contributed by atoms with E-state index in [0.717, 1.165) is 51.9 Å². The summed E-state index contributed by atoms with van der Waals surface area (Å²) in [5.41, 5.74) is 0. The van der Waals surface area contributed by atoms with Crippen LogP contribution in [0.5, 0.6) is 0 Å². The molecule has 2 aliphatic heterocycles. The second-order valence-corrected chi connectivity index (χ2v) is 9.54. The Hall–Kier alpha value is -0.480. The average molecular weight is 581 g/mol. The van der Waals surface area contributed by atoms with E-state index in [9.17, 15) is 0 Å². The number of hydrogen-bond donors (Lipinski definition) is 2. The zero-order valence-electron chi connectivity index (χ0n) is 24.6. The molecule has 0 bridgehead atoms. The summed E-state index contributed by atoms with van der Waals surface area (Å²) in [4.78, 5) is 0. The van der Waals surface area contributed by atoms with Gasteiger partial charge >= 0.3 is 0 Å². The molecule has 12 heteroatoms. The van der Waals surface area contributed by atoms with Gasteiger partial charge in [0.25, 0.3) is 0 Å².